The summed E-state index contributed by atoms with van der Waals surface area (Å²) >= 11 is 0. The average Bonchev–Trinajstić information content (AvgIpc) is 2.73. The number of aromatic nitrogens is 1. The molecule has 0 spiro atoms. The van der Waals surface area contributed by atoms with Crippen LogP contribution in [0.2, 0.25) is 0 Å². The van der Waals surface area contributed by atoms with Crippen molar-refractivity contribution in [3.8, 4) is 0 Å². The summed E-state index contributed by atoms with van der Waals surface area (Å²) in [4.78, 5) is 31.8. The molecule has 1 aromatic carbocycles. The SMILES string of the molecule is COC(=O)N1CCN(Cc2cccc(NC(=O)Nc3ccc(C)nc3)c2F)[C@H](C)C1. The van der Waals surface area contributed by atoms with Crippen LogP contribution in [0.1, 0.15) is 18.2 Å². The number of methoxy groups -OCH3 is 1. The summed E-state index contributed by atoms with van der Waals surface area (Å²) in [5.74, 6) is -0.475. The fourth-order valence-electron chi connectivity index (χ4n) is 3.37. The van der Waals surface area contributed by atoms with E-state index in [9.17, 15) is 9.59 Å². The van der Waals surface area contributed by atoms with E-state index >= 15 is 4.39 Å². The van der Waals surface area contributed by atoms with E-state index in [-0.39, 0.29) is 17.8 Å². The molecule has 1 atom stereocenters. The first-order valence-corrected chi connectivity index (χ1v) is 9.72. The lowest BCUT2D eigenvalue weighted by Crippen LogP contribution is -2.53. The van der Waals surface area contributed by atoms with E-state index in [1.165, 1.54) is 19.4 Å². The van der Waals surface area contributed by atoms with Crippen molar-refractivity contribution in [3.05, 3.63) is 53.6 Å². The number of urea groups is 1. The lowest BCUT2D eigenvalue weighted by Gasteiger charge is -2.39. The highest BCUT2D eigenvalue weighted by Crippen LogP contribution is 2.22. The van der Waals surface area contributed by atoms with Gasteiger partial charge >= 0.3 is 12.1 Å². The van der Waals surface area contributed by atoms with Crippen molar-refractivity contribution in [2.24, 2.45) is 0 Å². The van der Waals surface area contributed by atoms with Crippen LogP contribution < -0.4 is 10.6 Å². The number of ether oxygens (including phenoxy) is 1. The van der Waals surface area contributed by atoms with Crippen LogP contribution in [0.4, 0.5) is 25.4 Å². The normalized spacial score (nSPS) is 16.8. The van der Waals surface area contributed by atoms with Crippen molar-refractivity contribution in [1.29, 1.82) is 0 Å². The van der Waals surface area contributed by atoms with Gasteiger partial charge in [-0.15, -0.1) is 0 Å². The summed E-state index contributed by atoms with van der Waals surface area (Å²) in [6, 6.07) is 7.92. The zero-order valence-corrected chi connectivity index (χ0v) is 17.3. The molecular weight excluding hydrogens is 389 g/mol. The number of pyridine rings is 1. The Balaban J connectivity index is 1.62. The quantitative estimate of drug-likeness (QED) is 0.799. The van der Waals surface area contributed by atoms with Crippen molar-refractivity contribution in [2.75, 3.05) is 37.4 Å². The molecule has 1 aromatic heterocycles. The third-order valence-electron chi connectivity index (χ3n) is 5.07. The highest BCUT2D eigenvalue weighted by Gasteiger charge is 2.28. The van der Waals surface area contributed by atoms with Crippen LogP contribution in [0.25, 0.3) is 0 Å². The number of carbonyl (C=O) groups excluding carboxylic acids is 2. The van der Waals surface area contributed by atoms with E-state index < -0.39 is 11.8 Å². The minimum atomic E-state index is -0.545. The van der Waals surface area contributed by atoms with E-state index in [1.54, 1.807) is 29.2 Å². The van der Waals surface area contributed by atoms with Crippen LogP contribution in [-0.4, -0.2) is 59.7 Å². The molecular formula is C21H26FN5O3. The molecule has 3 rings (SSSR count). The Morgan fingerprint density at radius 2 is 2.03 bits per heavy atom. The van der Waals surface area contributed by atoms with Gasteiger partial charge in [0.2, 0.25) is 0 Å². The third-order valence-corrected chi connectivity index (χ3v) is 5.07. The first-order valence-electron chi connectivity index (χ1n) is 9.72. The molecule has 160 valence electrons. The second-order valence-corrected chi connectivity index (χ2v) is 7.28. The van der Waals surface area contributed by atoms with Crippen LogP contribution in [0, 0.1) is 12.7 Å². The van der Waals surface area contributed by atoms with E-state index in [4.69, 9.17) is 4.74 Å². The van der Waals surface area contributed by atoms with E-state index in [1.807, 2.05) is 13.8 Å². The Morgan fingerprint density at radius 1 is 1.23 bits per heavy atom. The number of piperazine rings is 1. The van der Waals surface area contributed by atoms with Crippen molar-refractivity contribution in [2.45, 2.75) is 26.4 Å². The average molecular weight is 415 g/mol. The van der Waals surface area contributed by atoms with Gasteiger partial charge in [0.1, 0.15) is 0 Å². The number of carbonyl (C=O) groups is 2. The minimum absolute atomic E-state index is 0.0474. The van der Waals surface area contributed by atoms with E-state index in [0.717, 1.165) is 5.69 Å². The van der Waals surface area contributed by atoms with Crippen molar-refractivity contribution >= 4 is 23.5 Å². The summed E-state index contributed by atoms with van der Waals surface area (Å²) in [6.07, 6.45) is 1.19. The highest BCUT2D eigenvalue weighted by atomic mass is 19.1. The molecule has 0 aliphatic carbocycles. The maximum atomic E-state index is 15.0. The van der Waals surface area contributed by atoms with Crippen LogP contribution >= 0.6 is 0 Å². The molecule has 0 saturated carbocycles. The van der Waals surface area contributed by atoms with Gasteiger partial charge in [0, 0.05) is 43.5 Å². The topological polar surface area (TPSA) is 86.8 Å². The number of anilines is 2. The maximum absolute atomic E-state index is 15.0. The van der Waals surface area contributed by atoms with Gasteiger partial charge in [0.25, 0.3) is 0 Å². The predicted octanol–water partition coefficient (Wildman–Crippen LogP) is 3.45. The molecule has 30 heavy (non-hydrogen) atoms. The molecule has 0 radical (unpaired) electrons. The fraction of sp³-hybridized carbons (Fsp3) is 0.381. The van der Waals surface area contributed by atoms with Gasteiger partial charge in [-0.3, -0.25) is 9.88 Å². The minimum Gasteiger partial charge on any atom is -0.453 e. The summed E-state index contributed by atoms with van der Waals surface area (Å²) in [6.45, 7) is 5.84. The number of benzene rings is 1. The number of hydrogen-bond acceptors (Lipinski definition) is 5. The number of aryl methyl sites for hydroxylation is 1. The molecule has 2 heterocycles. The van der Waals surface area contributed by atoms with Crippen LogP contribution in [-0.2, 0) is 11.3 Å². The molecule has 2 N–H and O–H groups in total. The first kappa shape index (κ1) is 21.5. The zero-order chi connectivity index (χ0) is 21.7. The lowest BCUT2D eigenvalue weighted by atomic mass is 10.1. The van der Waals surface area contributed by atoms with Crippen LogP contribution in [0.3, 0.4) is 0 Å². The monoisotopic (exact) mass is 415 g/mol. The summed E-state index contributed by atoms with van der Waals surface area (Å²) in [5, 5.41) is 5.19. The Hall–Kier alpha value is -3.20. The van der Waals surface area contributed by atoms with Gasteiger partial charge in [0.05, 0.1) is 24.7 Å². The largest absolute Gasteiger partial charge is 0.453 e. The summed E-state index contributed by atoms with van der Waals surface area (Å²) < 4.78 is 19.8. The number of nitrogens with one attached hydrogen (secondary N) is 2. The highest BCUT2D eigenvalue weighted by molar-refractivity contribution is 5.99. The fourth-order valence-corrected chi connectivity index (χ4v) is 3.37. The molecule has 0 unspecified atom stereocenters. The van der Waals surface area contributed by atoms with Crippen molar-refractivity contribution < 1.29 is 18.7 Å². The summed E-state index contributed by atoms with van der Waals surface area (Å²) in [5.41, 5.74) is 1.93. The van der Waals surface area contributed by atoms with Gasteiger partial charge < -0.3 is 20.3 Å². The van der Waals surface area contributed by atoms with Gasteiger partial charge in [0.15, 0.2) is 5.82 Å². The van der Waals surface area contributed by atoms with Gasteiger partial charge in [-0.25, -0.2) is 14.0 Å². The molecule has 1 aliphatic rings. The summed E-state index contributed by atoms with van der Waals surface area (Å²) in [7, 11) is 1.36. The molecule has 0 bridgehead atoms. The predicted molar refractivity (Wildman–Crippen MR) is 112 cm³/mol. The number of halogens is 1. The molecule has 9 heteroatoms. The molecule has 3 amide bonds. The molecule has 1 fully saturated rings. The molecule has 8 nitrogen and oxygen atoms in total. The number of nitrogens with zero attached hydrogens (tertiary/aromatic N) is 3. The van der Waals surface area contributed by atoms with Crippen molar-refractivity contribution in [1.82, 2.24) is 14.8 Å². The van der Waals surface area contributed by atoms with Crippen molar-refractivity contribution in [3.63, 3.8) is 0 Å². The zero-order valence-electron chi connectivity index (χ0n) is 17.3. The lowest BCUT2D eigenvalue weighted by molar-refractivity contribution is 0.0615. The number of amides is 3. The Morgan fingerprint density at radius 3 is 2.70 bits per heavy atom. The molecule has 1 aliphatic heterocycles. The van der Waals surface area contributed by atoms with E-state index in [2.05, 4.69) is 20.5 Å². The second-order valence-electron chi connectivity index (χ2n) is 7.28. The molecule has 2 aromatic rings. The second kappa shape index (κ2) is 9.53. The number of hydrogen-bond donors (Lipinski definition) is 2. The molecule has 1 saturated heterocycles. The van der Waals surface area contributed by atoms with Gasteiger partial charge in [-0.1, -0.05) is 12.1 Å². The number of rotatable bonds is 4. The Bertz CT molecular complexity index is 906. The van der Waals surface area contributed by atoms with Crippen LogP contribution in [0.15, 0.2) is 36.5 Å². The Labute approximate surface area is 175 Å². The smallest absolute Gasteiger partial charge is 0.409 e. The Kier molecular flexibility index (Phi) is 6.83. The maximum Gasteiger partial charge on any atom is 0.409 e. The standard InChI is InChI=1S/C21H26FN5O3/c1-14-7-8-17(11-23-14)24-20(28)25-18-6-4-5-16(19(18)22)13-26-9-10-27(12-15(26)2)21(29)30-3/h4-8,11,15H,9-10,12-13H2,1-3H3,(H2,24,25,28)/t15-/m1/s1. The first-order chi connectivity index (χ1) is 14.4. The van der Waals surface area contributed by atoms with Crippen LogP contribution in [0.5, 0.6) is 0 Å². The third kappa shape index (κ3) is 5.24. The van der Waals surface area contributed by atoms with Gasteiger partial charge in [-0.05, 0) is 32.0 Å². The van der Waals surface area contributed by atoms with E-state index in [0.29, 0.717) is 37.4 Å². The van der Waals surface area contributed by atoms with Gasteiger partial charge in [-0.2, -0.15) is 0 Å².